The summed E-state index contributed by atoms with van der Waals surface area (Å²) in [6, 6.07) is 5.28. The third kappa shape index (κ3) is 5.01. The third-order valence-corrected chi connectivity index (χ3v) is 11.2. The summed E-state index contributed by atoms with van der Waals surface area (Å²) in [5.74, 6) is 0.994. The van der Waals surface area contributed by atoms with E-state index in [2.05, 4.69) is 46.4 Å². The summed E-state index contributed by atoms with van der Waals surface area (Å²) in [6.45, 7) is 15.6. The first-order valence-corrected chi connectivity index (χ1v) is 17.0. The number of anilines is 1. The van der Waals surface area contributed by atoms with E-state index in [1.165, 1.54) is 12.1 Å². The van der Waals surface area contributed by atoms with Crippen molar-refractivity contribution in [3.63, 3.8) is 0 Å². The van der Waals surface area contributed by atoms with Crippen LogP contribution in [0.3, 0.4) is 0 Å². The molecule has 12 heteroatoms. The average Bonchev–Trinajstić information content (AvgIpc) is 3.42. The van der Waals surface area contributed by atoms with Gasteiger partial charge in [-0.1, -0.05) is 6.58 Å². The van der Waals surface area contributed by atoms with Crippen molar-refractivity contribution in [2.45, 2.75) is 43.8 Å². The number of aromatic nitrogens is 4. The molecule has 0 spiro atoms. The van der Waals surface area contributed by atoms with E-state index in [-0.39, 0.29) is 35.5 Å². The van der Waals surface area contributed by atoms with E-state index in [0.29, 0.717) is 24.3 Å². The van der Waals surface area contributed by atoms with Crippen LogP contribution >= 0.6 is 11.8 Å². The lowest BCUT2D eigenvalue weighted by atomic mass is 9.95. The Balaban J connectivity index is 1.43. The van der Waals surface area contributed by atoms with Gasteiger partial charge in [0.25, 0.3) is 0 Å². The normalized spacial score (nSPS) is 22.6. The lowest BCUT2D eigenvalue weighted by Gasteiger charge is -2.45. The van der Waals surface area contributed by atoms with Gasteiger partial charge in [0, 0.05) is 92.1 Å². The fourth-order valence-corrected chi connectivity index (χ4v) is 9.13. The molecule has 4 aromatic rings. The Morgan fingerprint density at radius 1 is 1.09 bits per heavy atom. The molecule has 3 aliphatic rings. The minimum absolute atomic E-state index is 0.0436. The van der Waals surface area contributed by atoms with E-state index < -0.39 is 0 Å². The van der Waals surface area contributed by atoms with Crippen LogP contribution in [0.1, 0.15) is 25.5 Å². The van der Waals surface area contributed by atoms with Crippen molar-refractivity contribution in [2.75, 3.05) is 63.5 Å². The SMILES string of the molecule is C=CC(=O)N1[C@H](C)CN(c2nc(=O)n3c4c(c(-c5ccc(F)c6cnn(C)c56)c(C)cc24)SCC3CN2CCN(C)CC2)C[C@@H]1C. The Kier molecular flexibility index (Phi) is 7.93. The van der Waals surface area contributed by atoms with Crippen LogP contribution in [0, 0.1) is 12.7 Å². The average molecular weight is 645 g/mol. The van der Waals surface area contributed by atoms with Crippen molar-refractivity contribution in [2.24, 2.45) is 7.05 Å². The molecule has 2 fully saturated rings. The van der Waals surface area contributed by atoms with Crippen molar-refractivity contribution < 1.29 is 9.18 Å². The first kappa shape index (κ1) is 30.9. The number of nitrogens with zero attached hydrogens (tertiary/aromatic N) is 8. The van der Waals surface area contributed by atoms with E-state index in [1.807, 2.05) is 36.4 Å². The van der Waals surface area contributed by atoms with E-state index in [9.17, 15) is 14.0 Å². The predicted molar refractivity (Wildman–Crippen MR) is 182 cm³/mol. The number of rotatable bonds is 5. The Morgan fingerprint density at radius 2 is 1.80 bits per heavy atom. The molecule has 3 atom stereocenters. The quantitative estimate of drug-likeness (QED) is 0.303. The second kappa shape index (κ2) is 11.8. The highest BCUT2D eigenvalue weighted by atomic mass is 32.2. The molecule has 46 heavy (non-hydrogen) atoms. The second-order valence-corrected chi connectivity index (χ2v) is 14.2. The number of likely N-dealkylation sites (N-methyl/N-ethyl adjacent to an activating group) is 1. The Bertz CT molecular complexity index is 1920. The molecular weight excluding hydrogens is 603 g/mol. The number of aryl methyl sites for hydroxylation is 2. The first-order chi connectivity index (χ1) is 22.1. The summed E-state index contributed by atoms with van der Waals surface area (Å²) in [4.78, 5) is 41.6. The highest BCUT2D eigenvalue weighted by Gasteiger charge is 2.36. The van der Waals surface area contributed by atoms with Crippen molar-refractivity contribution >= 4 is 45.3 Å². The molecule has 1 amide bonds. The zero-order chi connectivity index (χ0) is 32.4. The molecule has 0 radical (unpaired) electrons. The maximum Gasteiger partial charge on any atom is 0.350 e. The maximum atomic E-state index is 14.9. The van der Waals surface area contributed by atoms with Crippen molar-refractivity contribution in [3.8, 4) is 11.1 Å². The number of fused-ring (bicyclic) bond motifs is 1. The molecule has 0 saturated carbocycles. The van der Waals surface area contributed by atoms with Gasteiger partial charge in [-0.15, -0.1) is 11.8 Å². The number of carbonyl (C=O) groups excluding carboxylic acids is 1. The topological polar surface area (TPSA) is 82.7 Å². The summed E-state index contributed by atoms with van der Waals surface area (Å²) < 4.78 is 18.6. The van der Waals surface area contributed by atoms with Crippen LogP contribution in [0.4, 0.5) is 10.2 Å². The zero-order valence-electron chi connectivity index (χ0n) is 27.2. The van der Waals surface area contributed by atoms with Gasteiger partial charge in [-0.25, -0.2) is 9.18 Å². The molecule has 1 unspecified atom stereocenters. The zero-order valence-corrected chi connectivity index (χ0v) is 28.0. The number of halogens is 1. The van der Waals surface area contributed by atoms with Crippen LogP contribution in [0.5, 0.6) is 0 Å². The minimum Gasteiger partial charge on any atom is -0.352 e. The largest absolute Gasteiger partial charge is 0.352 e. The number of hydrogen-bond donors (Lipinski definition) is 0. The molecule has 10 nitrogen and oxygen atoms in total. The molecule has 2 aromatic heterocycles. The maximum absolute atomic E-state index is 14.9. The van der Waals surface area contributed by atoms with Gasteiger partial charge in [0.2, 0.25) is 5.91 Å². The van der Waals surface area contributed by atoms with Gasteiger partial charge in [-0.2, -0.15) is 10.1 Å². The smallest absolute Gasteiger partial charge is 0.350 e. The van der Waals surface area contributed by atoms with Crippen molar-refractivity contribution in [3.05, 3.63) is 58.9 Å². The lowest BCUT2D eigenvalue weighted by Crippen LogP contribution is -2.58. The Labute approximate surface area is 272 Å². The summed E-state index contributed by atoms with van der Waals surface area (Å²) >= 11 is 1.78. The van der Waals surface area contributed by atoms with E-state index in [4.69, 9.17) is 4.98 Å². The van der Waals surface area contributed by atoms with Crippen molar-refractivity contribution in [1.29, 1.82) is 0 Å². The highest BCUT2D eigenvalue weighted by Crippen LogP contribution is 2.47. The fourth-order valence-electron chi connectivity index (χ4n) is 7.75. The molecule has 0 aliphatic carbocycles. The molecule has 242 valence electrons. The minimum atomic E-state index is -0.306. The van der Waals surface area contributed by atoms with E-state index in [0.717, 1.165) is 76.5 Å². The lowest BCUT2D eigenvalue weighted by molar-refractivity contribution is -0.130. The van der Waals surface area contributed by atoms with Crippen LogP contribution in [0.15, 0.2) is 46.7 Å². The van der Waals surface area contributed by atoms with Crippen LogP contribution in [-0.4, -0.2) is 111 Å². The van der Waals surface area contributed by atoms with Gasteiger partial charge in [-0.05, 0) is 57.7 Å². The van der Waals surface area contributed by atoms with Gasteiger partial charge < -0.3 is 14.7 Å². The number of amides is 1. The van der Waals surface area contributed by atoms with Gasteiger partial charge in [-0.3, -0.25) is 18.9 Å². The van der Waals surface area contributed by atoms with Gasteiger partial charge in [0.15, 0.2) is 0 Å². The fraction of sp³-hybridized carbons (Fsp3) is 0.471. The van der Waals surface area contributed by atoms with E-state index in [1.54, 1.807) is 22.6 Å². The molecular formula is C34H41FN8O2S. The van der Waals surface area contributed by atoms with Crippen LogP contribution < -0.4 is 10.6 Å². The molecule has 7 rings (SSSR count). The number of carbonyl (C=O) groups is 1. The van der Waals surface area contributed by atoms with Crippen LogP contribution in [-0.2, 0) is 11.8 Å². The summed E-state index contributed by atoms with van der Waals surface area (Å²) in [5.41, 5.74) is 4.27. The van der Waals surface area contributed by atoms with E-state index >= 15 is 0 Å². The molecule has 0 bridgehead atoms. The first-order valence-electron chi connectivity index (χ1n) is 16.0. The van der Waals surface area contributed by atoms with Crippen LogP contribution in [0.2, 0.25) is 0 Å². The number of thioether (sulfide) groups is 1. The number of benzene rings is 2. The highest BCUT2D eigenvalue weighted by molar-refractivity contribution is 7.99. The molecule has 5 heterocycles. The van der Waals surface area contributed by atoms with Crippen LogP contribution in [0.25, 0.3) is 32.9 Å². The van der Waals surface area contributed by atoms with Crippen molar-refractivity contribution in [1.82, 2.24) is 34.0 Å². The number of hydrogen-bond acceptors (Lipinski definition) is 8. The molecule has 2 saturated heterocycles. The van der Waals surface area contributed by atoms with Gasteiger partial charge in [0.05, 0.1) is 28.7 Å². The van der Waals surface area contributed by atoms with Gasteiger partial charge >= 0.3 is 5.69 Å². The van der Waals surface area contributed by atoms with Gasteiger partial charge in [0.1, 0.15) is 11.6 Å². The molecule has 0 N–H and O–H groups in total. The monoisotopic (exact) mass is 644 g/mol. The Morgan fingerprint density at radius 3 is 2.50 bits per heavy atom. The predicted octanol–water partition coefficient (Wildman–Crippen LogP) is 3.90. The third-order valence-electron chi connectivity index (χ3n) is 9.96. The second-order valence-electron chi connectivity index (χ2n) is 13.1. The number of piperazine rings is 2. The molecule has 2 aromatic carbocycles. The Hall–Kier alpha value is -3.74. The molecule has 3 aliphatic heterocycles. The standard InChI is InChI=1S/C34H41FN8O2S/c1-7-28(44)42-21(3)16-41(17-22(42)4)33-25-14-20(2)29(24-8-9-27(35)26-15-36-39(6)30(24)26)32-31(25)43(34(45)37-33)23(19-46-32)18-40-12-10-38(5)11-13-40/h7-9,14-15,21-23H,1,10-13,16-19H2,2-6H3/t21-,22+,23?. The summed E-state index contributed by atoms with van der Waals surface area (Å²) in [7, 11) is 3.98. The summed E-state index contributed by atoms with van der Waals surface area (Å²) in [5, 5.41) is 5.79. The summed E-state index contributed by atoms with van der Waals surface area (Å²) in [6.07, 6.45) is 2.94.